The highest BCUT2D eigenvalue weighted by Gasteiger charge is 2.34. The molecule has 0 atom stereocenters. The Bertz CT molecular complexity index is 306. The lowest BCUT2D eigenvalue weighted by molar-refractivity contribution is 0.534. The summed E-state index contributed by atoms with van der Waals surface area (Å²) in [5, 5.41) is 0. The Hall–Kier alpha value is 0.154. The van der Waals surface area contributed by atoms with Crippen molar-refractivity contribution in [2.24, 2.45) is 0 Å². The van der Waals surface area contributed by atoms with Gasteiger partial charge in [0.1, 0.15) is 0 Å². The standard InChI is InChI=1S/C22H46F4Si2/c1-3-5-7-9-11-15-19-27(23,24)21-17-13-14-18-22-28(25,26)20-16-12-10-8-6-4-2/h3-22H2,1-2H3. The summed E-state index contributed by atoms with van der Waals surface area (Å²) < 4.78 is 55.9. The highest BCUT2D eigenvalue weighted by Crippen LogP contribution is 2.28. The molecule has 170 valence electrons. The van der Waals surface area contributed by atoms with E-state index >= 15 is 0 Å². The molecule has 0 saturated carbocycles. The van der Waals surface area contributed by atoms with Crippen molar-refractivity contribution in [2.75, 3.05) is 0 Å². The molecule has 0 aromatic carbocycles. The summed E-state index contributed by atoms with van der Waals surface area (Å²) in [5.41, 5.74) is 0. The first-order chi connectivity index (χ1) is 13.3. The molecule has 0 bridgehead atoms. The maximum atomic E-state index is 14.0. The molecule has 0 heterocycles. The highest BCUT2D eigenvalue weighted by atomic mass is 28.4. The molecule has 0 aliphatic heterocycles. The SMILES string of the molecule is CCCCCCCC[Si](F)(F)CCCCCC[Si](F)(F)CCCCCCCC. The van der Waals surface area contributed by atoms with Crippen LogP contribution in [0.1, 0.15) is 117 Å². The van der Waals surface area contributed by atoms with Gasteiger partial charge in [-0.05, 0) is 24.2 Å². The van der Waals surface area contributed by atoms with E-state index in [9.17, 15) is 16.4 Å². The molecule has 0 fully saturated rings. The monoisotopic (exact) mass is 442 g/mol. The second-order valence-corrected chi connectivity index (χ2v) is 14.1. The van der Waals surface area contributed by atoms with Gasteiger partial charge in [0.25, 0.3) is 0 Å². The summed E-state index contributed by atoms with van der Waals surface area (Å²) in [6.45, 7) is 4.31. The first-order valence-corrected chi connectivity index (χ1v) is 16.4. The van der Waals surface area contributed by atoms with Gasteiger partial charge in [0.2, 0.25) is 0 Å². The Balaban J connectivity index is 3.58. The van der Waals surface area contributed by atoms with Crippen LogP contribution in [0.5, 0.6) is 0 Å². The van der Waals surface area contributed by atoms with Crippen LogP contribution in [0, 0.1) is 0 Å². The first kappa shape index (κ1) is 28.2. The molecule has 0 aliphatic carbocycles. The van der Waals surface area contributed by atoms with Crippen LogP contribution in [0.2, 0.25) is 24.2 Å². The van der Waals surface area contributed by atoms with Crippen molar-refractivity contribution in [3.8, 4) is 0 Å². The zero-order valence-electron chi connectivity index (χ0n) is 18.7. The van der Waals surface area contributed by atoms with E-state index in [0.717, 1.165) is 38.5 Å². The quantitative estimate of drug-likeness (QED) is 0.0717. The largest absolute Gasteiger partial charge is 0.425 e. The number of halogens is 4. The van der Waals surface area contributed by atoms with Crippen molar-refractivity contribution < 1.29 is 16.4 Å². The second-order valence-electron chi connectivity index (χ2n) is 8.66. The Morgan fingerprint density at radius 3 is 0.821 bits per heavy atom. The van der Waals surface area contributed by atoms with Crippen LogP contribution in [-0.2, 0) is 0 Å². The third-order valence-corrected chi connectivity index (χ3v) is 9.97. The van der Waals surface area contributed by atoms with Gasteiger partial charge >= 0.3 is 17.5 Å². The average Bonchev–Trinajstić information content (AvgIpc) is 2.64. The third-order valence-electron chi connectivity index (χ3n) is 5.63. The van der Waals surface area contributed by atoms with Gasteiger partial charge in [0.05, 0.1) is 0 Å². The van der Waals surface area contributed by atoms with Crippen molar-refractivity contribution in [2.45, 2.75) is 141 Å². The molecule has 28 heavy (non-hydrogen) atoms. The van der Waals surface area contributed by atoms with E-state index in [-0.39, 0.29) is 24.2 Å². The summed E-state index contributed by atoms with van der Waals surface area (Å²) in [7, 11) is -8.08. The molecule has 0 nitrogen and oxygen atoms in total. The number of rotatable bonds is 21. The van der Waals surface area contributed by atoms with Crippen molar-refractivity contribution >= 4 is 17.5 Å². The molecule has 0 aromatic heterocycles. The normalized spacial score (nSPS) is 12.6. The molecular weight excluding hydrogens is 396 g/mol. The van der Waals surface area contributed by atoms with E-state index in [1.54, 1.807) is 0 Å². The van der Waals surface area contributed by atoms with Gasteiger partial charge < -0.3 is 0 Å². The highest BCUT2D eigenvalue weighted by molar-refractivity contribution is 6.66. The van der Waals surface area contributed by atoms with Crippen molar-refractivity contribution in [1.82, 2.24) is 0 Å². The van der Waals surface area contributed by atoms with Gasteiger partial charge in [-0.1, -0.05) is 117 Å². The molecule has 0 radical (unpaired) electrons. The van der Waals surface area contributed by atoms with E-state index in [4.69, 9.17) is 0 Å². The van der Waals surface area contributed by atoms with Gasteiger partial charge in [-0.25, -0.2) is 0 Å². The predicted octanol–water partition coefficient (Wildman–Crippen LogP) is 10.0. The summed E-state index contributed by atoms with van der Waals surface area (Å²) in [6, 6.07) is 0.381. The molecule has 6 heteroatoms. The van der Waals surface area contributed by atoms with Crippen LogP contribution in [0.3, 0.4) is 0 Å². The van der Waals surface area contributed by atoms with Crippen molar-refractivity contribution in [3.63, 3.8) is 0 Å². The molecule has 0 saturated heterocycles. The maximum Gasteiger partial charge on any atom is 0.425 e. The average molecular weight is 443 g/mol. The smallest absolute Gasteiger partial charge is 0.270 e. The molecule has 0 aliphatic rings. The van der Waals surface area contributed by atoms with Crippen LogP contribution < -0.4 is 0 Å². The lowest BCUT2D eigenvalue weighted by Gasteiger charge is -2.14. The Labute approximate surface area is 175 Å². The Kier molecular flexibility index (Phi) is 18.1. The Morgan fingerprint density at radius 2 is 0.571 bits per heavy atom. The van der Waals surface area contributed by atoms with E-state index in [1.165, 1.54) is 25.7 Å². The topological polar surface area (TPSA) is 0 Å². The Morgan fingerprint density at radius 1 is 0.357 bits per heavy atom. The van der Waals surface area contributed by atoms with Crippen LogP contribution in [-0.4, -0.2) is 17.5 Å². The molecule has 0 N–H and O–H groups in total. The summed E-state index contributed by atoms with van der Waals surface area (Å²) in [5.74, 6) is 0. The third kappa shape index (κ3) is 19.5. The van der Waals surface area contributed by atoms with Gasteiger partial charge in [-0.2, -0.15) is 0 Å². The summed E-state index contributed by atoms with van der Waals surface area (Å²) >= 11 is 0. The summed E-state index contributed by atoms with van der Waals surface area (Å²) in [4.78, 5) is 0. The summed E-state index contributed by atoms with van der Waals surface area (Å²) in [6.07, 6.45) is 14.9. The lowest BCUT2D eigenvalue weighted by Crippen LogP contribution is -2.22. The fourth-order valence-corrected chi connectivity index (χ4v) is 7.27. The van der Waals surface area contributed by atoms with Gasteiger partial charge in [-0.15, -0.1) is 0 Å². The minimum absolute atomic E-state index is 0.0630. The molecular formula is C22H46F4Si2. The van der Waals surface area contributed by atoms with E-state index in [0.29, 0.717) is 38.5 Å². The van der Waals surface area contributed by atoms with Crippen molar-refractivity contribution in [3.05, 3.63) is 0 Å². The van der Waals surface area contributed by atoms with E-state index in [1.807, 2.05) is 0 Å². The van der Waals surface area contributed by atoms with Crippen LogP contribution in [0.4, 0.5) is 16.4 Å². The lowest BCUT2D eigenvalue weighted by atomic mass is 10.1. The minimum atomic E-state index is -4.04. The number of hydrogen-bond acceptors (Lipinski definition) is 0. The molecule has 0 spiro atoms. The number of unbranched alkanes of at least 4 members (excludes halogenated alkanes) is 13. The minimum Gasteiger partial charge on any atom is -0.270 e. The molecule has 0 rings (SSSR count). The van der Waals surface area contributed by atoms with Crippen LogP contribution >= 0.6 is 0 Å². The fourth-order valence-electron chi connectivity index (χ4n) is 3.70. The molecule has 0 amide bonds. The number of hydrogen-bond donors (Lipinski definition) is 0. The zero-order valence-corrected chi connectivity index (χ0v) is 20.7. The van der Waals surface area contributed by atoms with E-state index in [2.05, 4.69) is 13.8 Å². The zero-order chi connectivity index (χ0) is 21.1. The van der Waals surface area contributed by atoms with Gasteiger partial charge in [0, 0.05) is 0 Å². The first-order valence-electron chi connectivity index (χ1n) is 12.1. The molecule has 0 aromatic rings. The van der Waals surface area contributed by atoms with E-state index < -0.39 is 17.5 Å². The van der Waals surface area contributed by atoms with Crippen molar-refractivity contribution in [1.29, 1.82) is 0 Å². The predicted molar refractivity (Wildman–Crippen MR) is 120 cm³/mol. The maximum absolute atomic E-state index is 14.0. The molecule has 0 unspecified atom stereocenters. The van der Waals surface area contributed by atoms with Gasteiger partial charge in [-0.3, -0.25) is 16.4 Å². The fraction of sp³-hybridized carbons (Fsp3) is 1.00. The van der Waals surface area contributed by atoms with Gasteiger partial charge in [0.15, 0.2) is 0 Å². The van der Waals surface area contributed by atoms with Crippen LogP contribution in [0.15, 0.2) is 0 Å². The second kappa shape index (κ2) is 18.0. The van der Waals surface area contributed by atoms with Crippen LogP contribution in [0.25, 0.3) is 0 Å².